The molecule has 2 aromatic heterocycles. The molecule has 0 aliphatic carbocycles. The molecule has 1 aliphatic rings. The molecule has 1 N–H and O–H groups in total. The van der Waals surface area contributed by atoms with Crippen LogP contribution in [0, 0.1) is 11.8 Å². The van der Waals surface area contributed by atoms with Crippen molar-refractivity contribution in [3.8, 4) is 0 Å². The number of carbonyl (C=O) groups excluding carboxylic acids is 2. The van der Waals surface area contributed by atoms with Gasteiger partial charge in [0.1, 0.15) is 6.33 Å². The number of hydrogen-bond donors (Lipinski definition) is 1. The summed E-state index contributed by atoms with van der Waals surface area (Å²) in [4.78, 5) is 29.9. The molecule has 3 heterocycles. The van der Waals surface area contributed by atoms with E-state index in [9.17, 15) is 9.59 Å². The van der Waals surface area contributed by atoms with Crippen molar-refractivity contribution >= 4 is 23.3 Å². The lowest BCUT2D eigenvalue weighted by atomic mass is 9.97. The van der Waals surface area contributed by atoms with Gasteiger partial charge in [-0.25, -0.2) is 9.78 Å². The van der Waals surface area contributed by atoms with E-state index < -0.39 is 5.97 Å². The Morgan fingerprint density at radius 2 is 2.28 bits per heavy atom. The van der Waals surface area contributed by atoms with Crippen LogP contribution in [0.1, 0.15) is 6.92 Å². The number of methoxy groups -OCH3 is 1. The molecule has 1 saturated heterocycles. The summed E-state index contributed by atoms with van der Waals surface area (Å²) >= 11 is 0. The topological polar surface area (TPSA) is 102 Å². The molecular formula is C16H20N6O3. The molecule has 2 atom stereocenters. The maximum atomic E-state index is 12.4. The summed E-state index contributed by atoms with van der Waals surface area (Å²) in [7, 11) is 1.31. The molecule has 1 fully saturated rings. The summed E-state index contributed by atoms with van der Waals surface area (Å²) in [5.41, 5.74) is 0.678. The van der Waals surface area contributed by atoms with E-state index in [1.807, 2.05) is 6.92 Å². The fraction of sp³-hybridized carbons (Fsp3) is 0.438. The third-order valence-corrected chi connectivity index (χ3v) is 4.30. The second-order valence-electron chi connectivity index (χ2n) is 5.97. The van der Waals surface area contributed by atoms with Gasteiger partial charge in [0.05, 0.1) is 13.0 Å². The maximum absolute atomic E-state index is 12.4. The highest BCUT2D eigenvalue weighted by Crippen LogP contribution is 2.28. The summed E-state index contributed by atoms with van der Waals surface area (Å²) in [5, 5.41) is 10.8. The number of anilines is 1. The van der Waals surface area contributed by atoms with Gasteiger partial charge >= 0.3 is 5.97 Å². The molecule has 0 aromatic carbocycles. The van der Waals surface area contributed by atoms with Crippen LogP contribution in [0.15, 0.2) is 30.9 Å². The minimum Gasteiger partial charge on any atom is -0.466 e. The largest absolute Gasteiger partial charge is 0.466 e. The summed E-state index contributed by atoms with van der Waals surface area (Å²) in [6.07, 6.45) is 7.97. The standard InChI is InChI=1S/C16H20N6O3/c1-11-8-22(14-15-20-19-10-21(15)7-6-17-14)9-12(11)16(24)18-5-3-4-13(23)25-2/h3-4,6-7,10-12H,5,8-9H2,1-2H3,(H,18,24)/b4-3+/t11-,12-/m1/s1. The van der Waals surface area contributed by atoms with E-state index in [0.717, 1.165) is 12.4 Å². The van der Waals surface area contributed by atoms with Crippen molar-refractivity contribution in [1.82, 2.24) is 24.9 Å². The van der Waals surface area contributed by atoms with Gasteiger partial charge in [-0.15, -0.1) is 10.2 Å². The minimum atomic E-state index is -0.442. The number of nitrogens with zero attached hydrogens (tertiary/aromatic N) is 5. The smallest absolute Gasteiger partial charge is 0.330 e. The highest BCUT2D eigenvalue weighted by Gasteiger charge is 2.36. The Kier molecular flexibility index (Phi) is 4.92. The molecule has 1 amide bonds. The summed E-state index contributed by atoms with van der Waals surface area (Å²) in [5.74, 6) is 0.263. The van der Waals surface area contributed by atoms with Crippen LogP contribution in [-0.4, -0.2) is 58.2 Å². The lowest BCUT2D eigenvalue weighted by Crippen LogP contribution is -2.34. The highest BCUT2D eigenvalue weighted by molar-refractivity contribution is 5.83. The van der Waals surface area contributed by atoms with E-state index >= 15 is 0 Å². The van der Waals surface area contributed by atoms with Crippen molar-refractivity contribution in [1.29, 1.82) is 0 Å². The van der Waals surface area contributed by atoms with Crippen LogP contribution in [0.25, 0.3) is 5.65 Å². The van der Waals surface area contributed by atoms with Gasteiger partial charge in [0.25, 0.3) is 0 Å². The SMILES string of the molecule is COC(=O)/C=C/CNC(=O)[C@@H]1CN(c2nccn3cnnc23)C[C@H]1C. The molecule has 9 nitrogen and oxygen atoms in total. The lowest BCUT2D eigenvalue weighted by molar-refractivity contribution is -0.135. The molecule has 25 heavy (non-hydrogen) atoms. The molecular weight excluding hydrogens is 324 g/mol. The fourth-order valence-electron chi connectivity index (χ4n) is 2.96. The van der Waals surface area contributed by atoms with Gasteiger partial charge in [0, 0.05) is 38.1 Å². The molecule has 0 unspecified atom stereocenters. The Bertz CT molecular complexity index is 802. The van der Waals surface area contributed by atoms with Crippen LogP contribution >= 0.6 is 0 Å². The minimum absolute atomic E-state index is 0.0436. The van der Waals surface area contributed by atoms with E-state index in [1.165, 1.54) is 13.2 Å². The van der Waals surface area contributed by atoms with Gasteiger partial charge in [-0.3, -0.25) is 9.20 Å². The van der Waals surface area contributed by atoms with Crippen LogP contribution in [0.4, 0.5) is 5.82 Å². The van der Waals surface area contributed by atoms with Crippen LogP contribution in [0.5, 0.6) is 0 Å². The Morgan fingerprint density at radius 1 is 1.44 bits per heavy atom. The van der Waals surface area contributed by atoms with Gasteiger partial charge in [-0.1, -0.05) is 13.0 Å². The highest BCUT2D eigenvalue weighted by atomic mass is 16.5. The fourth-order valence-corrected chi connectivity index (χ4v) is 2.96. The number of ether oxygens (including phenoxy) is 1. The zero-order valence-electron chi connectivity index (χ0n) is 14.1. The predicted molar refractivity (Wildman–Crippen MR) is 89.8 cm³/mol. The average molecular weight is 344 g/mol. The molecule has 9 heteroatoms. The van der Waals surface area contributed by atoms with E-state index in [4.69, 9.17) is 0 Å². The first kappa shape index (κ1) is 16.9. The lowest BCUT2D eigenvalue weighted by Gasteiger charge is -2.17. The number of carbonyl (C=O) groups is 2. The molecule has 2 aromatic rings. The molecule has 132 valence electrons. The Hall–Kier alpha value is -2.97. The van der Waals surface area contributed by atoms with Crippen molar-refractivity contribution in [3.63, 3.8) is 0 Å². The average Bonchev–Trinajstić information content (AvgIpc) is 3.24. The van der Waals surface area contributed by atoms with Crippen molar-refractivity contribution in [2.45, 2.75) is 6.92 Å². The number of esters is 1. The molecule has 0 radical (unpaired) electrons. The van der Waals surface area contributed by atoms with E-state index in [2.05, 4.69) is 30.1 Å². The first-order valence-corrected chi connectivity index (χ1v) is 8.01. The first-order valence-electron chi connectivity index (χ1n) is 8.01. The third kappa shape index (κ3) is 3.59. The van der Waals surface area contributed by atoms with Gasteiger partial charge in [0.15, 0.2) is 5.82 Å². The van der Waals surface area contributed by atoms with Crippen LogP contribution < -0.4 is 10.2 Å². The van der Waals surface area contributed by atoms with Crippen LogP contribution in [-0.2, 0) is 14.3 Å². The van der Waals surface area contributed by atoms with Gasteiger partial charge < -0.3 is 15.0 Å². The normalized spacial score (nSPS) is 20.3. The molecule has 1 aliphatic heterocycles. The van der Waals surface area contributed by atoms with Crippen molar-refractivity contribution in [2.75, 3.05) is 31.6 Å². The molecule has 0 saturated carbocycles. The summed E-state index contributed by atoms with van der Waals surface area (Å²) in [6.45, 7) is 3.61. The van der Waals surface area contributed by atoms with Gasteiger partial charge in [-0.05, 0) is 5.92 Å². The quantitative estimate of drug-likeness (QED) is 0.603. The van der Waals surface area contributed by atoms with Crippen LogP contribution in [0.2, 0.25) is 0 Å². The number of rotatable bonds is 5. The van der Waals surface area contributed by atoms with Crippen molar-refractivity contribution in [2.24, 2.45) is 11.8 Å². The van der Waals surface area contributed by atoms with Gasteiger partial charge in [-0.2, -0.15) is 0 Å². The Labute approximate surface area is 144 Å². The maximum Gasteiger partial charge on any atom is 0.330 e. The third-order valence-electron chi connectivity index (χ3n) is 4.30. The Morgan fingerprint density at radius 3 is 3.08 bits per heavy atom. The summed E-state index contributed by atoms with van der Waals surface area (Å²) < 4.78 is 6.30. The molecule has 3 rings (SSSR count). The second kappa shape index (κ2) is 7.29. The van der Waals surface area contributed by atoms with Gasteiger partial charge in [0.2, 0.25) is 11.6 Å². The second-order valence-corrected chi connectivity index (χ2v) is 5.97. The van der Waals surface area contributed by atoms with E-state index in [0.29, 0.717) is 12.2 Å². The predicted octanol–water partition coefficient (Wildman–Crippen LogP) is 0.0420. The number of hydrogen-bond acceptors (Lipinski definition) is 7. The summed E-state index contributed by atoms with van der Waals surface area (Å²) in [6, 6.07) is 0. The number of amides is 1. The van der Waals surface area contributed by atoms with E-state index in [-0.39, 0.29) is 24.3 Å². The zero-order valence-corrected chi connectivity index (χ0v) is 14.1. The monoisotopic (exact) mass is 344 g/mol. The molecule has 0 bridgehead atoms. The number of fused-ring (bicyclic) bond motifs is 1. The van der Waals surface area contributed by atoms with Crippen molar-refractivity contribution in [3.05, 3.63) is 30.9 Å². The van der Waals surface area contributed by atoms with Crippen LogP contribution in [0.3, 0.4) is 0 Å². The number of aromatic nitrogens is 4. The van der Waals surface area contributed by atoms with Crippen molar-refractivity contribution < 1.29 is 14.3 Å². The zero-order chi connectivity index (χ0) is 17.8. The Balaban J connectivity index is 1.63. The molecule has 0 spiro atoms. The number of nitrogens with one attached hydrogen (secondary N) is 1. The van der Waals surface area contributed by atoms with E-state index in [1.54, 1.807) is 29.2 Å². The first-order chi connectivity index (χ1) is 12.1.